The number of nitrogens with zero attached hydrogens (tertiary/aromatic N) is 1. The van der Waals surface area contributed by atoms with Crippen LogP contribution in [0.3, 0.4) is 0 Å². The highest BCUT2D eigenvalue weighted by atomic mass is 35.5. The van der Waals surface area contributed by atoms with Crippen LogP contribution in [-0.4, -0.2) is 24.1 Å². The molecule has 5 rings (SSSR count). The van der Waals surface area contributed by atoms with Crippen molar-refractivity contribution in [2.45, 2.75) is 0 Å². The second-order valence-corrected chi connectivity index (χ2v) is 7.47. The maximum Gasteiger partial charge on any atom is 0.0731 e. The van der Waals surface area contributed by atoms with Gasteiger partial charge in [-0.05, 0) is 42.5 Å². The average Bonchev–Trinajstić information content (AvgIpc) is 3.12. The van der Waals surface area contributed by atoms with E-state index in [9.17, 15) is 0 Å². The zero-order valence-electron chi connectivity index (χ0n) is 13.7. The smallest absolute Gasteiger partial charge is 0.0731 e. The van der Waals surface area contributed by atoms with Gasteiger partial charge in [-0.1, -0.05) is 23.2 Å². The van der Waals surface area contributed by atoms with Crippen molar-refractivity contribution in [3.8, 4) is 0 Å². The van der Waals surface area contributed by atoms with E-state index in [1.54, 1.807) is 0 Å². The molecular weight excluding hydrogens is 353 g/mol. The van der Waals surface area contributed by atoms with Gasteiger partial charge in [0.2, 0.25) is 0 Å². The lowest BCUT2D eigenvalue weighted by Gasteiger charge is -2.15. The molecule has 0 saturated carbocycles. The largest absolute Gasteiger partial charge is 0.377 e. The van der Waals surface area contributed by atoms with Gasteiger partial charge in [-0.15, -0.1) is 0 Å². The highest BCUT2D eigenvalue weighted by Crippen LogP contribution is 2.41. The standard InChI is InChI=1S/C20H15Cl2N3/c1-25(2)17-9-13-12-7-10(21)3-5-15(12)23-19(13)20-18(17)14-8-11(22)4-6-16(14)24-20/h3-9,23-24H,1-2H3. The number of fused-ring (bicyclic) bond motifs is 7. The molecule has 0 aliphatic carbocycles. The van der Waals surface area contributed by atoms with Crippen LogP contribution in [0.1, 0.15) is 0 Å². The fourth-order valence-corrected chi connectivity index (χ4v) is 4.06. The molecule has 3 nitrogen and oxygen atoms in total. The van der Waals surface area contributed by atoms with Crippen molar-refractivity contribution in [3.05, 3.63) is 52.5 Å². The van der Waals surface area contributed by atoms with Crippen LogP contribution >= 0.6 is 23.2 Å². The molecule has 0 saturated heterocycles. The predicted octanol–water partition coefficient (Wildman–Crippen LogP) is 6.33. The first-order valence-corrected chi connectivity index (χ1v) is 8.81. The van der Waals surface area contributed by atoms with Gasteiger partial charge in [0.25, 0.3) is 0 Å². The third kappa shape index (κ3) is 2.06. The minimum atomic E-state index is 0.738. The van der Waals surface area contributed by atoms with Crippen molar-refractivity contribution < 1.29 is 0 Å². The van der Waals surface area contributed by atoms with Crippen LogP contribution in [0.2, 0.25) is 10.0 Å². The summed E-state index contributed by atoms with van der Waals surface area (Å²) in [5.41, 5.74) is 5.48. The molecule has 0 unspecified atom stereocenters. The number of anilines is 1. The topological polar surface area (TPSA) is 34.8 Å². The summed E-state index contributed by atoms with van der Waals surface area (Å²) >= 11 is 12.5. The van der Waals surface area contributed by atoms with Crippen molar-refractivity contribution in [2.24, 2.45) is 0 Å². The second kappa shape index (κ2) is 5.07. The maximum absolute atomic E-state index is 6.26. The summed E-state index contributed by atoms with van der Waals surface area (Å²) in [5, 5.41) is 6.07. The SMILES string of the molecule is CN(C)c1cc2c3cc(Cl)ccc3[nH]c2c2[nH]c3ccc(Cl)cc3c12. The molecule has 0 bridgehead atoms. The molecule has 5 heteroatoms. The van der Waals surface area contributed by atoms with Crippen molar-refractivity contribution in [3.63, 3.8) is 0 Å². The molecule has 0 spiro atoms. The Morgan fingerprint density at radius 2 is 1.32 bits per heavy atom. The number of nitrogens with one attached hydrogen (secondary N) is 2. The molecular formula is C20H15Cl2N3. The van der Waals surface area contributed by atoms with Crippen LogP contribution < -0.4 is 4.90 Å². The van der Waals surface area contributed by atoms with Gasteiger partial charge in [-0.2, -0.15) is 0 Å². The molecule has 124 valence electrons. The summed E-state index contributed by atoms with van der Waals surface area (Å²) in [5.74, 6) is 0. The Balaban J connectivity index is 2.08. The van der Waals surface area contributed by atoms with Gasteiger partial charge in [-0.3, -0.25) is 0 Å². The predicted molar refractivity (Wildman–Crippen MR) is 110 cm³/mol. The molecule has 0 amide bonds. The van der Waals surface area contributed by atoms with Crippen LogP contribution in [0, 0.1) is 0 Å². The molecule has 0 aliphatic heterocycles. The average molecular weight is 368 g/mol. The lowest BCUT2D eigenvalue weighted by molar-refractivity contribution is 1.15. The van der Waals surface area contributed by atoms with E-state index in [-0.39, 0.29) is 0 Å². The Labute approximate surface area is 154 Å². The Morgan fingerprint density at radius 1 is 0.720 bits per heavy atom. The fourth-order valence-electron chi connectivity index (χ4n) is 3.71. The maximum atomic E-state index is 6.26. The van der Waals surface area contributed by atoms with Gasteiger partial charge >= 0.3 is 0 Å². The number of aromatic nitrogens is 2. The summed E-state index contributed by atoms with van der Waals surface area (Å²) < 4.78 is 0. The number of benzene rings is 3. The fraction of sp³-hybridized carbons (Fsp3) is 0.100. The van der Waals surface area contributed by atoms with Gasteiger partial charge in [0.05, 0.1) is 11.0 Å². The third-order valence-corrected chi connectivity index (χ3v) is 5.30. The Kier molecular flexibility index (Phi) is 3.03. The van der Waals surface area contributed by atoms with E-state index in [1.165, 1.54) is 5.39 Å². The van der Waals surface area contributed by atoms with Crippen molar-refractivity contribution in [1.29, 1.82) is 0 Å². The lowest BCUT2D eigenvalue weighted by Crippen LogP contribution is -2.08. The van der Waals surface area contributed by atoms with E-state index >= 15 is 0 Å². The summed E-state index contributed by atoms with van der Waals surface area (Å²) in [6.45, 7) is 0. The van der Waals surface area contributed by atoms with E-state index in [2.05, 4.69) is 35.0 Å². The number of H-pyrrole nitrogens is 2. The van der Waals surface area contributed by atoms with E-state index in [0.717, 1.165) is 54.0 Å². The highest BCUT2D eigenvalue weighted by Gasteiger charge is 2.17. The van der Waals surface area contributed by atoms with E-state index in [1.807, 2.05) is 36.4 Å². The van der Waals surface area contributed by atoms with Gasteiger partial charge < -0.3 is 14.9 Å². The van der Waals surface area contributed by atoms with Gasteiger partial charge in [0.1, 0.15) is 0 Å². The molecule has 0 aliphatic rings. The number of halogens is 2. The zero-order valence-corrected chi connectivity index (χ0v) is 15.3. The Bertz CT molecular complexity index is 1290. The van der Waals surface area contributed by atoms with Gasteiger partial charge in [-0.25, -0.2) is 0 Å². The molecule has 3 aromatic carbocycles. The quantitative estimate of drug-likeness (QED) is 0.356. The molecule has 2 N–H and O–H groups in total. The first kappa shape index (κ1) is 14.9. The van der Waals surface area contributed by atoms with E-state index in [4.69, 9.17) is 23.2 Å². The number of hydrogen-bond acceptors (Lipinski definition) is 1. The van der Waals surface area contributed by atoms with Crippen LogP contribution in [0.25, 0.3) is 43.6 Å². The monoisotopic (exact) mass is 367 g/mol. The minimum absolute atomic E-state index is 0.738. The molecule has 5 aromatic rings. The number of hydrogen-bond donors (Lipinski definition) is 2. The minimum Gasteiger partial charge on any atom is -0.377 e. The van der Waals surface area contributed by atoms with Gasteiger partial charge in [0.15, 0.2) is 0 Å². The van der Waals surface area contributed by atoms with Gasteiger partial charge in [0, 0.05) is 62.4 Å². The van der Waals surface area contributed by atoms with Crippen molar-refractivity contribution >= 4 is 72.5 Å². The van der Waals surface area contributed by atoms with Crippen LogP contribution in [-0.2, 0) is 0 Å². The lowest BCUT2D eigenvalue weighted by atomic mass is 10.1. The Hall–Kier alpha value is -2.36. The van der Waals surface area contributed by atoms with Crippen molar-refractivity contribution in [2.75, 3.05) is 19.0 Å². The first-order chi connectivity index (χ1) is 12.0. The summed E-state index contributed by atoms with van der Waals surface area (Å²) in [4.78, 5) is 9.26. The van der Waals surface area contributed by atoms with Crippen molar-refractivity contribution in [1.82, 2.24) is 9.97 Å². The summed E-state index contributed by atoms with van der Waals surface area (Å²) in [7, 11) is 4.12. The van der Waals surface area contributed by atoms with Crippen LogP contribution in [0.5, 0.6) is 0 Å². The Morgan fingerprint density at radius 3 is 2.00 bits per heavy atom. The molecule has 0 radical (unpaired) electrons. The molecule has 25 heavy (non-hydrogen) atoms. The third-order valence-electron chi connectivity index (χ3n) is 4.83. The molecule has 0 fully saturated rings. The highest BCUT2D eigenvalue weighted by molar-refractivity contribution is 6.34. The molecule has 2 heterocycles. The number of rotatable bonds is 1. The summed E-state index contributed by atoms with van der Waals surface area (Å²) in [6, 6.07) is 14.1. The van der Waals surface area contributed by atoms with Crippen LogP contribution in [0.4, 0.5) is 5.69 Å². The number of aromatic amines is 2. The van der Waals surface area contributed by atoms with E-state index < -0.39 is 0 Å². The normalized spacial score (nSPS) is 12.0. The van der Waals surface area contributed by atoms with E-state index in [0.29, 0.717) is 0 Å². The summed E-state index contributed by atoms with van der Waals surface area (Å²) in [6.07, 6.45) is 0. The zero-order chi connectivity index (χ0) is 17.3. The van der Waals surface area contributed by atoms with Crippen LogP contribution in [0.15, 0.2) is 42.5 Å². The first-order valence-electron chi connectivity index (χ1n) is 8.05. The molecule has 0 atom stereocenters. The second-order valence-electron chi connectivity index (χ2n) is 6.59. The molecule has 2 aromatic heterocycles.